The van der Waals surface area contributed by atoms with Crippen LogP contribution in [0.3, 0.4) is 0 Å². The summed E-state index contributed by atoms with van der Waals surface area (Å²) in [5.74, 6) is 0.104. The molecule has 1 saturated heterocycles. The minimum absolute atomic E-state index is 0.0608. The van der Waals surface area contributed by atoms with Gasteiger partial charge in [0, 0.05) is 25.7 Å². The van der Waals surface area contributed by atoms with Crippen molar-refractivity contribution in [1.82, 2.24) is 10.2 Å². The second kappa shape index (κ2) is 8.02. The van der Waals surface area contributed by atoms with Gasteiger partial charge in [-0.1, -0.05) is 35.9 Å². The van der Waals surface area contributed by atoms with Crippen LogP contribution in [0.1, 0.15) is 34.3 Å². The Balaban J connectivity index is 1.33. The first kappa shape index (κ1) is 18.5. The third kappa shape index (κ3) is 4.17. The predicted molar refractivity (Wildman–Crippen MR) is 108 cm³/mol. The van der Waals surface area contributed by atoms with Crippen molar-refractivity contribution in [2.75, 3.05) is 25.0 Å². The number of hydrogen-bond acceptors (Lipinski definition) is 4. The summed E-state index contributed by atoms with van der Waals surface area (Å²) in [5.41, 5.74) is 3.62. The highest BCUT2D eigenvalue weighted by Crippen LogP contribution is 2.31. The molecule has 0 radical (unpaired) electrons. The van der Waals surface area contributed by atoms with Crippen LogP contribution in [0.15, 0.2) is 42.5 Å². The van der Waals surface area contributed by atoms with Gasteiger partial charge in [0.2, 0.25) is 0 Å². The maximum atomic E-state index is 12.8. The molecule has 6 nitrogen and oxygen atoms in total. The van der Waals surface area contributed by atoms with E-state index >= 15 is 0 Å². The first-order valence-corrected chi connectivity index (χ1v) is 9.73. The Bertz CT molecular complexity index is 871. The van der Waals surface area contributed by atoms with Gasteiger partial charge in [-0.3, -0.25) is 14.5 Å². The number of benzene rings is 2. The van der Waals surface area contributed by atoms with E-state index in [0.717, 1.165) is 32.5 Å². The lowest BCUT2D eigenvalue weighted by atomic mass is 10.0. The number of carbonyl (C=O) groups is 2. The van der Waals surface area contributed by atoms with Gasteiger partial charge in [0.25, 0.3) is 11.8 Å². The van der Waals surface area contributed by atoms with E-state index in [0.29, 0.717) is 17.0 Å². The van der Waals surface area contributed by atoms with Crippen molar-refractivity contribution in [2.24, 2.45) is 0 Å². The molecule has 0 atom stereocenters. The molecular formula is C22H25N3O3. The minimum Gasteiger partial charge on any atom is -0.481 e. The molecule has 0 saturated carbocycles. The number of anilines is 1. The number of hydrogen-bond donors (Lipinski definition) is 2. The molecule has 0 spiro atoms. The first-order valence-electron chi connectivity index (χ1n) is 9.73. The number of ether oxygens (including phenoxy) is 1. The molecule has 4 rings (SSSR count). The molecule has 2 aliphatic rings. The molecule has 0 unspecified atom stereocenters. The maximum absolute atomic E-state index is 12.8. The van der Waals surface area contributed by atoms with Crippen molar-refractivity contribution >= 4 is 17.5 Å². The quantitative estimate of drug-likeness (QED) is 0.857. The van der Waals surface area contributed by atoms with Gasteiger partial charge in [0.15, 0.2) is 12.4 Å². The summed E-state index contributed by atoms with van der Waals surface area (Å²) in [4.78, 5) is 26.6. The number of para-hydroxylation sites is 1. The summed E-state index contributed by atoms with van der Waals surface area (Å²) in [6.07, 6.45) is 1.84. The van der Waals surface area contributed by atoms with Crippen molar-refractivity contribution in [3.8, 4) is 5.75 Å². The van der Waals surface area contributed by atoms with E-state index in [9.17, 15) is 9.59 Å². The van der Waals surface area contributed by atoms with Gasteiger partial charge < -0.3 is 15.4 Å². The third-order valence-electron chi connectivity index (χ3n) is 5.33. The number of nitrogens with one attached hydrogen (secondary N) is 2. The number of nitrogens with zero attached hydrogens (tertiary/aromatic N) is 1. The lowest BCUT2D eigenvalue weighted by Crippen LogP contribution is -2.44. The lowest BCUT2D eigenvalue weighted by Gasteiger charge is -2.32. The number of likely N-dealkylation sites (tertiary alicyclic amines) is 1. The van der Waals surface area contributed by atoms with Crippen LogP contribution >= 0.6 is 0 Å². The van der Waals surface area contributed by atoms with E-state index in [4.69, 9.17) is 4.74 Å². The van der Waals surface area contributed by atoms with E-state index in [1.807, 2.05) is 0 Å². The van der Waals surface area contributed by atoms with Gasteiger partial charge in [-0.15, -0.1) is 0 Å². The van der Waals surface area contributed by atoms with E-state index in [2.05, 4.69) is 46.7 Å². The number of fused-ring (bicyclic) bond motifs is 1. The number of piperidine rings is 1. The number of amides is 2. The summed E-state index contributed by atoms with van der Waals surface area (Å²) in [7, 11) is 0. The van der Waals surface area contributed by atoms with Gasteiger partial charge in [-0.2, -0.15) is 0 Å². The second-order valence-corrected chi connectivity index (χ2v) is 7.53. The maximum Gasteiger partial charge on any atom is 0.262 e. The van der Waals surface area contributed by atoms with Crippen LogP contribution in [-0.2, 0) is 11.3 Å². The Morgan fingerprint density at radius 3 is 2.68 bits per heavy atom. The largest absolute Gasteiger partial charge is 0.481 e. The summed E-state index contributed by atoms with van der Waals surface area (Å²) >= 11 is 0. The molecular weight excluding hydrogens is 354 g/mol. The molecule has 1 fully saturated rings. The Kier molecular flexibility index (Phi) is 5.30. The number of rotatable bonds is 4. The average molecular weight is 379 g/mol. The fraction of sp³-hybridized carbons (Fsp3) is 0.364. The molecule has 2 aromatic rings. The van der Waals surface area contributed by atoms with Crippen molar-refractivity contribution in [2.45, 2.75) is 32.4 Å². The Hall–Kier alpha value is -2.86. The zero-order valence-electron chi connectivity index (χ0n) is 16.0. The molecule has 0 bridgehead atoms. The summed E-state index contributed by atoms with van der Waals surface area (Å²) in [6.45, 7) is 4.90. The summed E-state index contributed by atoms with van der Waals surface area (Å²) in [6, 6.07) is 14.0. The molecule has 0 aliphatic carbocycles. The molecule has 2 amide bonds. The highest BCUT2D eigenvalue weighted by Gasteiger charge is 2.25. The van der Waals surface area contributed by atoms with Crippen LogP contribution in [-0.4, -0.2) is 42.5 Å². The molecule has 6 heteroatoms. The molecule has 2 heterocycles. The van der Waals surface area contributed by atoms with Gasteiger partial charge in [0.1, 0.15) is 0 Å². The Morgan fingerprint density at radius 2 is 1.93 bits per heavy atom. The number of carbonyl (C=O) groups excluding carboxylic acids is 2. The molecule has 146 valence electrons. The first-order chi connectivity index (χ1) is 13.6. The van der Waals surface area contributed by atoms with Gasteiger partial charge in [-0.25, -0.2) is 0 Å². The van der Waals surface area contributed by atoms with E-state index < -0.39 is 0 Å². The van der Waals surface area contributed by atoms with Crippen LogP contribution in [0, 0.1) is 6.92 Å². The van der Waals surface area contributed by atoms with Gasteiger partial charge in [-0.05, 0) is 37.5 Å². The zero-order chi connectivity index (χ0) is 19.5. The topological polar surface area (TPSA) is 70.7 Å². The Labute approximate surface area is 164 Å². The van der Waals surface area contributed by atoms with Crippen LogP contribution in [0.2, 0.25) is 0 Å². The van der Waals surface area contributed by atoms with Crippen LogP contribution in [0.5, 0.6) is 5.75 Å². The zero-order valence-corrected chi connectivity index (χ0v) is 16.0. The van der Waals surface area contributed by atoms with Gasteiger partial charge in [0.05, 0.1) is 11.3 Å². The molecule has 28 heavy (non-hydrogen) atoms. The van der Waals surface area contributed by atoms with Crippen molar-refractivity contribution < 1.29 is 14.3 Å². The van der Waals surface area contributed by atoms with E-state index in [1.165, 1.54) is 11.1 Å². The molecule has 2 aliphatic heterocycles. The highest BCUT2D eigenvalue weighted by molar-refractivity contribution is 6.03. The number of aryl methyl sites for hydroxylation is 1. The summed E-state index contributed by atoms with van der Waals surface area (Å²) < 4.78 is 5.49. The minimum atomic E-state index is -0.203. The summed E-state index contributed by atoms with van der Waals surface area (Å²) in [5, 5.41) is 5.87. The fourth-order valence-electron chi connectivity index (χ4n) is 3.74. The SMILES string of the molecule is Cc1ccc(CN2CCC(NC(=O)c3cccc4c3OCC(=O)N4)CC2)cc1. The van der Waals surface area contributed by atoms with E-state index in [1.54, 1.807) is 18.2 Å². The van der Waals surface area contributed by atoms with Crippen molar-refractivity contribution in [3.05, 3.63) is 59.2 Å². The highest BCUT2D eigenvalue weighted by atomic mass is 16.5. The van der Waals surface area contributed by atoms with Crippen LogP contribution in [0.25, 0.3) is 0 Å². The fourth-order valence-corrected chi connectivity index (χ4v) is 3.74. The second-order valence-electron chi connectivity index (χ2n) is 7.53. The van der Waals surface area contributed by atoms with Crippen LogP contribution in [0.4, 0.5) is 5.69 Å². The van der Waals surface area contributed by atoms with Crippen molar-refractivity contribution in [3.63, 3.8) is 0 Å². The van der Waals surface area contributed by atoms with Gasteiger partial charge >= 0.3 is 0 Å². The molecule has 2 N–H and O–H groups in total. The average Bonchev–Trinajstić information content (AvgIpc) is 2.70. The Morgan fingerprint density at radius 1 is 1.18 bits per heavy atom. The molecule has 0 aromatic heterocycles. The molecule has 2 aromatic carbocycles. The van der Waals surface area contributed by atoms with Crippen LogP contribution < -0.4 is 15.4 Å². The van der Waals surface area contributed by atoms with E-state index in [-0.39, 0.29) is 24.5 Å². The predicted octanol–water partition coefficient (Wildman–Crippen LogP) is 2.72. The third-order valence-corrected chi connectivity index (χ3v) is 5.33. The smallest absolute Gasteiger partial charge is 0.262 e. The lowest BCUT2D eigenvalue weighted by molar-refractivity contribution is -0.118. The standard InChI is InChI=1S/C22H25N3O3/c1-15-5-7-16(8-6-15)13-25-11-9-17(10-12-25)23-22(27)18-3-2-4-19-21(18)28-14-20(26)24-19/h2-8,17H,9-14H2,1H3,(H,23,27)(H,24,26). The van der Waals surface area contributed by atoms with Crippen molar-refractivity contribution in [1.29, 1.82) is 0 Å². The normalized spacial score (nSPS) is 17.4. The monoisotopic (exact) mass is 379 g/mol.